The van der Waals surface area contributed by atoms with E-state index in [4.69, 9.17) is 0 Å². The molecule has 0 bridgehead atoms. The van der Waals surface area contributed by atoms with Crippen molar-refractivity contribution in [2.45, 2.75) is 44.6 Å². The summed E-state index contributed by atoms with van der Waals surface area (Å²) in [6, 6.07) is 9.12. The number of nitrogens with zero attached hydrogens (tertiary/aromatic N) is 1. The molecule has 96 valence electrons. The molecular weight excluding hydrogens is 222 g/mol. The maximum atomic E-state index is 4.62. The molecule has 3 heteroatoms. The predicted molar refractivity (Wildman–Crippen MR) is 73.5 cm³/mol. The fourth-order valence-electron chi connectivity index (χ4n) is 2.95. The highest BCUT2D eigenvalue weighted by molar-refractivity contribution is 5.74. The minimum absolute atomic E-state index is 0.864. The fourth-order valence-corrected chi connectivity index (χ4v) is 2.95. The summed E-state index contributed by atoms with van der Waals surface area (Å²) in [7, 11) is 0. The van der Waals surface area contributed by atoms with Crippen LogP contribution in [0.1, 0.15) is 37.9 Å². The van der Waals surface area contributed by atoms with Crippen molar-refractivity contribution in [2.75, 3.05) is 6.54 Å². The lowest BCUT2D eigenvalue weighted by Crippen LogP contribution is -2.90. The van der Waals surface area contributed by atoms with Crippen molar-refractivity contribution in [3.8, 4) is 0 Å². The summed E-state index contributed by atoms with van der Waals surface area (Å²) in [6.45, 7) is 1.16. The van der Waals surface area contributed by atoms with Crippen molar-refractivity contribution in [3.05, 3.63) is 30.1 Å². The first-order chi connectivity index (χ1) is 8.92. The summed E-state index contributed by atoms with van der Waals surface area (Å²) in [4.78, 5) is 8.02. The number of nitrogens with one attached hydrogen (secondary N) is 1. The van der Waals surface area contributed by atoms with Gasteiger partial charge >= 0.3 is 0 Å². The molecule has 0 radical (unpaired) electrons. The third-order valence-electron chi connectivity index (χ3n) is 3.97. The number of aromatic nitrogens is 2. The number of aromatic amines is 1. The number of rotatable bonds is 4. The molecule has 0 amide bonds. The van der Waals surface area contributed by atoms with Crippen LogP contribution in [-0.4, -0.2) is 22.6 Å². The fraction of sp³-hybridized carbons (Fsp3) is 0.533. The van der Waals surface area contributed by atoms with Crippen LogP contribution < -0.4 is 5.32 Å². The van der Waals surface area contributed by atoms with Crippen LogP contribution in [0.4, 0.5) is 0 Å². The van der Waals surface area contributed by atoms with E-state index in [1.165, 1.54) is 32.1 Å². The highest BCUT2D eigenvalue weighted by Gasteiger charge is 2.15. The zero-order valence-electron chi connectivity index (χ0n) is 10.9. The largest absolute Gasteiger partial charge is 0.343 e. The number of benzene rings is 1. The Hall–Kier alpha value is -1.35. The molecule has 1 aliphatic carbocycles. The van der Waals surface area contributed by atoms with Crippen LogP contribution in [0.25, 0.3) is 11.0 Å². The van der Waals surface area contributed by atoms with Gasteiger partial charge in [0.25, 0.3) is 0 Å². The molecule has 0 atom stereocenters. The summed E-state index contributed by atoms with van der Waals surface area (Å²) in [5.74, 6) is 1.13. The standard InChI is InChI=1S/C15H21N3/c1-2-6-12(7-3-1)16-11-10-15-17-13-8-4-5-9-14(13)18-15/h4-5,8-9,12,16H,1-3,6-7,10-11H2,(H,17,18)/p+1. The second kappa shape index (κ2) is 5.53. The molecule has 0 saturated heterocycles. The van der Waals surface area contributed by atoms with E-state index in [1.54, 1.807) is 0 Å². The van der Waals surface area contributed by atoms with E-state index in [1.807, 2.05) is 6.07 Å². The number of fused-ring (bicyclic) bond motifs is 1. The molecule has 1 aromatic heterocycles. The van der Waals surface area contributed by atoms with Gasteiger partial charge < -0.3 is 10.3 Å². The molecule has 2 aromatic rings. The van der Waals surface area contributed by atoms with Gasteiger partial charge in [0.2, 0.25) is 0 Å². The summed E-state index contributed by atoms with van der Waals surface area (Å²) >= 11 is 0. The summed E-state index contributed by atoms with van der Waals surface area (Å²) < 4.78 is 0. The molecule has 18 heavy (non-hydrogen) atoms. The van der Waals surface area contributed by atoms with Crippen molar-refractivity contribution in [3.63, 3.8) is 0 Å². The zero-order chi connectivity index (χ0) is 12.2. The number of nitrogens with two attached hydrogens (primary N) is 1. The Morgan fingerprint density at radius 2 is 2.00 bits per heavy atom. The minimum atomic E-state index is 0.864. The number of hydrogen-bond donors (Lipinski definition) is 2. The molecule has 0 unspecified atom stereocenters. The summed E-state index contributed by atoms with van der Waals surface area (Å²) in [5.41, 5.74) is 2.25. The smallest absolute Gasteiger partial charge is 0.112 e. The van der Waals surface area contributed by atoms with Crippen LogP contribution in [0.5, 0.6) is 0 Å². The molecule has 0 aliphatic heterocycles. The van der Waals surface area contributed by atoms with Gasteiger partial charge in [-0.1, -0.05) is 18.6 Å². The highest BCUT2D eigenvalue weighted by Crippen LogP contribution is 2.14. The second-order valence-corrected chi connectivity index (χ2v) is 5.37. The molecular formula is C15H22N3+. The number of hydrogen-bond acceptors (Lipinski definition) is 1. The van der Waals surface area contributed by atoms with E-state index in [0.29, 0.717) is 0 Å². The van der Waals surface area contributed by atoms with Crippen molar-refractivity contribution >= 4 is 11.0 Å². The van der Waals surface area contributed by atoms with E-state index in [2.05, 4.69) is 33.5 Å². The topological polar surface area (TPSA) is 45.3 Å². The Morgan fingerprint density at radius 1 is 1.17 bits per heavy atom. The third kappa shape index (κ3) is 2.72. The van der Waals surface area contributed by atoms with Crippen molar-refractivity contribution in [1.82, 2.24) is 9.97 Å². The van der Waals surface area contributed by atoms with E-state index < -0.39 is 0 Å². The van der Waals surface area contributed by atoms with E-state index in [9.17, 15) is 0 Å². The molecule has 1 aliphatic rings. The van der Waals surface area contributed by atoms with Gasteiger partial charge in [-0.2, -0.15) is 0 Å². The molecule has 1 fully saturated rings. The first-order valence-electron chi connectivity index (χ1n) is 7.19. The van der Waals surface area contributed by atoms with E-state index in [-0.39, 0.29) is 0 Å². The lowest BCUT2D eigenvalue weighted by Gasteiger charge is -2.19. The van der Waals surface area contributed by atoms with Gasteiger partial charge in [-0.25, -0.2) is 4.98 Å². The normalized spacial score (nSPS) is 17.3. The average molecular weight is 244 g/mol. The molecule has 1 saturated carbocycles. The van der Waals surface area contributed by atoms with Gasteiger partial charge in [-0.3, -0.25) is 0 Å². The quantitative estimate of drug-likeness (QED) is 0.849. The summed E-state index contributed by atoms with van der Waals surface area (Å²) in [5, 5.41) is 2.52. The lowest BCUT2D eigenvalue weighted by atomic mass is 9.95. The predicted octanol–water partition coefficient (Wildman–Crippen LogP) is 2.00. The highest BCUT2D eigenvalue weighted by atomic mass is 14.9. The third-order valence-corrected chi connectivity index (χ3v) is 3.97. The maximum absolute atomic E-state index is 4.62. The van der Waals surface area contributed by atoms with Crippen molar-refractivity contribution in [2.24, 2.45) is 0 Å². The second-order valence-electron chi connectivity index (χ2n) is 5.37. The number of imidazole rings is 1. The Kier molecular flexibility index (Phi) is 3.60. The molecule has 3 N–H and O–H groups in total. The van der Waals surface area contributed by atoms with Crippen LogP contribution in [0.3, 0.4) is 0 Å². The Morgan fingerprint density at radius 3 is 2.83 bits per heavy atom. The van der Waals surface area contributed by atoms with Crippen LogP contribution in [0.2, 0.25) is 0 Å². The van der Waals surface area contributed by atoms with Crippen molar-refractivity contribution < 1.29 is 5.32 Å². The Balaban J connectivity index is 1.53. The monoisotopic (exact) mass is 244 g/mol. The first-order valence-corrected chi connectivity index (χ1v) is 7.19. The van der Waals surface area contributed by atoms with E-state index >= 15 is 0 Å². The SMILES string of the molecule is c1ccc2[nH]c(CC[NH2+]C3CCCCC3)nc2c1. The van der Waals surface area contributed by atoms with Crippen LogP contribution in [-0.2, 0) is 6.42 Å². The van der Waals surface area contributed by atoms with E-state index in [0.717, 1.165) is 35.9 Å². The number of H-pyrrole nitrogens is 1. The molecule has 0 spiro atoms. The molecule has 1 aromatic carbocycles. The van der Waals surface area contributed by atoms with Crippen LogP contribution in [0, 0.1) is 0 Å². The first kappa shape index (κ1) is 11.7. The summed E-state index contributed by atoms with van der Waals surface area (Å²) in [6.07, 6.45) is 8.14. The average Bonchev–Trinajstić information content (AvgIpc) is 2.82. The molecule has 3 rings (SSSR count). The Labute approximate surface area is 108 Å². The van der Waals surface area contributed by atoms with Gasteiger partial charge in [0.1, 0.15) is 5.82 Å². The van der Waals surface area contributed by atoms with Crippen LogP contribution >= 0.6 is 0 Å². The minimum Gasteiger partial charge on any atom is -0.343 e. The van der Waals surface area contributed by atoms with Gasteiger partial charge in [-0.05, 0) is 37.8 Å². The van der Waals surface area contributed by atoms with Gasteiger partial charge in [0.05, 0.1) is 30.0 Å². The lowest BCUT2D eigenvalue weighted by molar-refractivity contribution is -0.691. The number of para-hydroxylation sites is 2. The maximum Gasteiger partial charge on any atom is 0.112 e. The van der Waals surface area contributed by atoms with Crippen molar-refractivity contribution in [1.29, 1.82) is 0 Å². The van der Waals surface area contributed by atoms with Gasteiger partial charge in [-0.15, -0.1) is 0 Å². The van der Waals surface area contributed by atoms with Crippen LogP contribution in [0.15, 0.2) is 24.3 Å². The zero-order valence-corrected chi connectivity index (χ0v) is 10.9. The molecule has 1 heterocycles. The van der Waals surface area contributed by atoms with Gasteiger partial charge in [0.15, 0.2) is 0 Å². The number of quaternary nitrogens is 1. The molecule has 3 nitrogen and oxygen atoms in total. The van der Waals surface area contributed by atoms with Gasteiger partial charge in [0, 0.05) is 0 Å². The Bertz CT molecular complexity index is 464.